The Morgan fingerprint density at radius 1 is 0.167 bits per heavy atom. The van der Waals surface area contributed by atoms with Crippen LogP contribution in [-0.2, 0) is 0 Å². The van der Waals surface area contributed by atoms with Crippen molar-refractivity contribution in [3.63, 3.8) is 0 Å². The lowest BCUT2D eigenvalue weighted by molar-refractivity contribution is 1.25. The van der Waals surface area contributed by atoms with Gasteiger partial charge in [0.15, 0.2) is 0 Å². The van der Waals surface area contributed by atoms with Gasteiger partial charge >= 0.3 is 20.5 Å². The Balaban J connectivity index is 0.000000104. The summed E-state index contributed by atoms with van der Waals surface area (Å²) in [7, 11) is 0. The molecule has 9 nitrogen and oxygen atoms in total. The van der Waals surface area contributed by atoms with Crippen molar-refractivity contribution >= 4 is 87.4 Å². The molecule has 0 amide bonds. The molecule has 0 N–H and O–H groups in total. The van der Waals surface area contributed by atoms with Crippen LogP contribution in [0, 0.1) is 0 Å². The maximum atomic E-state index is 4.76. The Bertz CT molecular complexity index is 6140. The van der Waals surface area contributed by atoms with Crippen LogP contribution in [0.3, 0.4) is 0 Å². The number of anilines is 6. The second kappa shape index (κ2) is 27.6. The number of fused-ring (bicyclic) bond motifs is 33. The Labute approximate surface area is 663 Å². The molecule has 0 atom stereocenters. The van der Waals surface area contributed by atoms with Crippen molar-refractivity contribution in [2.24, 2.45) is 0 Å². The Morgan fingerprint density at radius 2 is 0.474 bits per heavy atom. The van der Waals surface area contributed by atoms with E-state index in [0.717, 1.165) is 67.3 Å². The van der Waals surface area contributed by atoms with Gasteiger partial charge in [0.05, 0.1) is 22.8 Å². The van der Waals surface area contributed by atoms with Crippen LogP contribution < -0.4 is 47.2 Å². The SMILES string of the molecule is c1ccc(-c2ccc(-c3ccc4c(c3)-c3ccccc3B3c5ccccc5-c5ccccc5N34)cn2)nc1.c1ccc2c(c1)B1c3ccccc3-c3cc(-c4ccc(-c5ccncc5)nc4)ccc3N1c1ccccc1-2.c1cncc(-c2ccc(-c3ccc4c(c3)-c3ccccc3B3c5ccccc5-c5ccccc5N34)cn2)c1. The van der Waals surface area contributed by atoms with Crippen LogP contribution in [0.25, 0.3) is 134 Å². The Kier molecular flexibility index (Phi) is 16.0. The molecule has 12 heteroatoms. The molecule has 0 saturated carbocycles. The molecule has 0 aliphatic carbocycles. The van der Waals surface area contributed by atoms with Gasteiger partial charge in [-0.25, -0.2) is 0 Å². The number of hydrogen-bond acceptors (Lipinski definition) is 9. The third-order valence-electron chi connectivity index (χ3n) is 23.5. The Hall–Kier alpha value is -14.9. The molecule has 528 valence electrons. The normalized spacial score (nSPS) is 12.6. The van der Waals surface area contributed by atoms with Gasteiger partial charge in [-0.15, -0.1) is 0 Å². The largest absolute Gasteiger partial charge is 0.376 e. The molecule has 6 aromatic heterocycles. The molecule has 0 bridgehead atoms. The van der Waals surface area contributed by atoms with Gasteiger partial charge in [-0.1, -0.05) is 243 Å². The molecule has 0 radical (unpaired) electrons. The molecule has 6 aliphatic rings. The van der Waals surface area contributed by atoms with Crippen molar-refractivity contribution in [1.29, 1.82) is 0 Å². The van der Waals surface area contributed by atoms with E-state index in [0.29, 0.717) is 0 Å². The maximum Gasteiger partial charge on any atom is 0.329 e. The first kappa shape index (κ1) is 66.2. The van der Waals surface area contributed by atoms with E-state index >= 15 is 0 Å². The zero-order valence-electron chi connectivity index (χ0n) is 61.9. The van der Waals surface area contributed by atoms with E-state index < -0.39 is 0 Å². The van der Waals surface area contributed by atoms with Crippen LogP contribution >= 0.6 is 0 Å². The fourth-order valence-electron chi connectivity index (χ4n) is 18.3. The third-order valence-corrected chi connectivity index (χ3v) is 23.5. The number of benzene rings is 12. The molecule has 24 rings (SSSR count). The molecule has 114 heavy (non-hydrogen) atoms. The highest BCUT2D eigenvalue weighted by Crippen LogP contribution is 2.51. The highest BCUT2D eigenvalue weighted by Gasteiger charge is 2.45. The first-order chi connectivity index (χ1) is 56.6. The average Bonchev–Trinajstić information content (AvgIpc) is 0.719. The van der Waals surface area contributed by atoms with Crippen LogP contribution in [-0.4, -0.2) is 50.4 Å². The minimum Gasteiger partial charge on any atom is -0.376 e. The summed E-state index contributed by atoms with van der Waals surface area (Å²) in [5, 5.41) is 0. The van der Waals surface area contributed by atoms with Gasteiger partial charge < -0.3 is 14.4 Å². The monoisotopic (exact) mass is 1450 g/mol. The molecule has 6 aliphatic heterocycles. The summed E-state index contributed by atoms with van der Waals surface area (Å²) in [6.45, 7) is 0.406. The van der Waals surface area contributed by atoms with E-state index in [2.05, 4.69) is 339 Å². The second-order valence-electron chi connectivity index (χ2n) is 29.6. The summed E-state index contributed by atoms with van der Waals surface area (Å²) >= 11 is 0. The number of hydrogen-bond donors (Lipinski definition) is 0. The number of rotatable bonds is 6. The zero-order valence-corrected chi connectivity index (χ0v) is 61.9. The summed E-state index contributed by atoms with van der Waals surface area (Å²) in [6, 6.07) is 127. The quantitative estimate of drug-likeness (QED) is 0.151. The van der Waals surface area contributed by atoms with E-state index in [9.17, 15) is 0 Å². The molecular weight excluding hydrogens is 1380 g/mol. The lowest BCUT2D eigenvalue weighted by Gasteiger charge is -2.43. The molecule has 0 spiro atoms. The first-order valence-corrected chi connectivity index (χ1v) is 38.8. The van der Waals surface area contributed by atoms with E-state index in [1.54, 1.807) is 24.8 Å². The average molecular weight is 1450 g/mol. The number of para-hydroxylation sites is 3. The van der Waals surface area contributed by atoms with E-state index in [1.165, 1.54) is 134 Å². The van der Waals surface area contributed by atoms with Gasteiger partial charge in [0.25, 0.3) is 0 Å². The molecule has 12 heterocycles. The minimum atomic E-state index is 0.134. The summed E-state index contributed by atoms with van der Waals surface area (Å²) in [5.74, 6) is 0. The predicted octanol–water partition coefficient (Wildman–Crippen LogP) is 20.1. The van der Waals surface area contributed by atoms with Crippen LogP contribution in [0.5, 0.6) is 0 Å². The van der Waals surface area contributed by atoms with Gasteiger partial charge in [0, 0.05) is 145 Å². The molecule has 18 aromatic rings. The summed E-state index contributed by atoms with van der Waals surface area (Å²) < 4.78 is 0. The highest BCUT2D eigenvalue weighted by atomic mass is 15.1. The third kappa shape index (κ3) is 11.0. The number of pyridine rings is 6. The van der Waals surface area contributed by atoms with Crippen molar-refractivity contribution in [3.8, 4) is 134 Å². The van der Waals surface area contributed by atoms with Crippen LogP contribution in [0.15, 0.2) is 401 Å². The highest BCUT2D eigenvalue weighted by molar-refractivity contribution is 6.94. The second-order valence-corrected chi connectivity index (χ2v) is 29.6. The fourth-order valence-corrected chi connectivity index (χ4v) is 18.3. The van der Waals surface area contributed by atoms with Crippen molar-refractivity contribution in [2.45, 2.75) is 0 Å². The molecular formula is C102H66B3N9. The van der Waals surface area contributed by atoms with Crippen molar-refractivity contribution in [3.05, 3.63) is 401 Å². The number of nitrogens with zero attached hydrogens (tertiary/aromatic N) is 9. The van der Waals surface area contributed by atoms with Gasteiger partial charge in [0.1, 0.15) is 0 Å². The molecule has 0 unspecified atom stereocenters. The van der Waals surface area contributed by atoms with Crippen molar-refractivity contribution in [1.82, 2.24) is 29.9 Å². The van der Waals surface area contributed by atoms with E-state index in [-0.39, 0.29) is 20.5 Å². The lowest BCUT2D eigenvalue weighted by Crippen LogP contribution is -2.59. The maximum absolute atomic E-state index is 4.76. The summed E-state index contributed by atoms with van der Waals surface area (Å²) in [4.78, 5) is 34.6. The van der Waals surface area contributed by atoms with Crippen LogP contribution in [0.4, 0.5) is 34.1 Å². The summed E-state index contributed by atoms with van der Waals surface area (Å²) in [6.07, 6.45) is 14.9. The lowest BCUT2D eigenvalue weighted by atomic mass is 9.43. The van der Waals surface area contributed by atoms with E-state index in [4.69, 9.17) is 15.0 Å². The van der Waals surface area contributed by atoms with Gasteiger partial charge in [-0.2, -0.15) is 0 Å². The topological polar surface area (TPSA) is 87.1 Å². The standard InChI is InChI=1S/3C34H22BN3/c1-4-12-29-25(9-1)27-11-3-6-15-33(27)38-34-19-17-23(21-28(34)26-10-2-5-13-30(26)35(29)38)24-16-18-32(37-22-24)31-14-7-8-20-36-31;1-4-12-30-26(9-1)28-11-3-6-14-33(28)38-34-18-16-23(20-29(34)27-10-2-5-13-31(27)35(30)38)24-15-17-32(37-22-24)25-8-7-19-36-21-25;1-4-10-30-26(7-1)28-9-3-6-12-33(28)38-34-16-14-24(21-29(34)27-8-2-5-11-31(27)35(30)38)25-13-15-32(37-22-25)23-17-19-36-20-18-23/h3*1-22H. The molecule has 12 aromatic carbocycles. The summed E-state index contributed by atoms with van der Waals surface area (Å²) in [5.41, 5.74) is 43.5. The van der Waals surface area contributed by atoms with Crippen LogP contribution in [0.2, 0.25) is 0 Å². The zero-order chi connectivity index (χ0) is 75.2. The van der Waals surface area contributed by atoms with Gasteiger partial charge in [-0.3, -0.25) is 29.9 Å². The van der Waals surface area contributed by atoms with Gasteiger partial charge in [-0.05, 0) is 192 Å². The van der Waals surface area contributed by atoms with Crippen molar-refractivity contribution < 1.29 is 0 Å². The first-order valence-electron chi connectivity index (χ1n) is 38.8. The fraction of sp³-hybridized carbons (Fsp3) is 0. The number of aromatic nitrogens is 6. The van der Waals surface area contributed by atoms with E-state index in [1.807, 2.05) is 67.3 Å². The minimum absolute atomic E-state index is 0.134. The molecule has 0 fully saturated rings. The van der Waals surface area contributed by atoms with Crippen molar-refractivity contribution in [2.75, 3.05) is 14.4 Å². The van der Waals surface area contributed by atoms with Gasteiger partial charge in [0.2, 0.25) is 0 Å². The predicted molar refractivity (Wildman–Crippen MR) is 472 cm³/mol. The Morgan fingerprint density at radius 3 is 0.816 bits per heavy atom. The smallest absolute Gasteiger partial charge is 0.329 e. The molecule has 0 saturated heterocycles. The van der Waals surface area contributed by atoms with Crippen LogP contribution in [0.1, 0.15) is 0 Å².